The Morgan fingerprint density at radius 2 is 2.18 bits per heavy atom. The second kappa shape index (κ2) is 3.80. The Hall–Kier alpha value is -1.44. The molecule has 0 saturated heterocycles. The summed E-state index contributed by atoms with van der Waals surface area (Å²) in [4.78, 5) is 0. The molecule has 0 radical (unpaired) electrons. The number of hydrogen-bond acceptors (Lipinski definition) is 2. The second-order valence-electron chi connectivity index (χ2n) is 5.63. The first-order chi connectivity index (χ1) is 8.15. The highest BCUT2D eigenvalue weighted by atomic mass is 16.5. The van der Waals surface area contributed by atoms with Crippen molar-refractivity contribution in [1.82, 2.24) is 5.32 Å². The zero-order valence-corrected chi connectivity index (χ0v) is 10.5. The lowest BCUT2D eigenvalue weighted by Crippen LogP contribution is -2.47. The number of nitrogens with one attached hydrogen (secondary N) is 1. The largest absolute Gasteiger partial charge is 0.493 e. The second-order valence-corrected chi connectivity index (χ2v) is 5.63. The van der Waals surface area contributed by atoms with E-state index in [1.165, 1.54) is 11.1 Å². The molecule has 1 unspecified atom stereocenters. The monoisotopic (exact) mass is 229 g/mol. The standard InChI is InChI=1S/C15H19NO/c1-15(2)13(9-16-15)8-11-7-12-5-3-4-6-14(12)17-10-11/h3-6,9,11,16H,7-8,10H2,1-2H3. The van der Waals surface area contributed by atoms with Crippen LogP contribution in [0.2, 0.25) is 0 Å². The minimum atomic E-state index is 0.191. The van der Waals surface area contributed by atoms with E-state index in [-0.39, 0.29) is 5.54 Å². The van der Waals surface area contributed by atoms with Gasteiger partial charge in [0.25, 0.3) is 0 Å². The minimum absolute atomic E-state index is 0.191. The summed E-state index contributed by atoms with van der Waals surface area (Å²) in [6, 6.07) is 8.39. The van der Waals surface area contributed by atoms with Gasteiger partial charge in [-0.15, -0.1) is 0 Å². The van der Waals surface area contributed by atoms with Crippen molar-refractivity contribution in [3.8, 4) is 5.75 Å². The Labute approximate surface area is 103 Å². The molecule has 3 rings (SSSR count). The number of ether oxygens (including phenoxy) is 1. The number of rotatable bonds is 2. The van der Waals surface area contributed by atoms with Crippen molar-refractivity contribution in [3.63, 3.8) is 0 Å². The van der Waals surface area contributed by atoms with Gasteiger partial charge in [0.15, 0.2) is 0 Å². The number of hydrogen-bond donors (Lipinski definition) is 1. The van der Waals surface area contributed by atoms with E-state index in [9.17, 15) is 0 Å². The summed E-state index contributed by atoms with van der Waals surface area (Å²) in [7, 11) is 0. The van der Waals surface area contributed by atoms with Crippen LogP contribution < -0.4 is 10.1 Å². The van der Waals surface area contributed by atoms with Crippen LogP contribution in [-0.4, -0.2) is 12.1 Å². The van der Waals surface area contributed by atoms with Crippen molar-refractivity contribution in [1.29, 1.82) is 0 Å². The van der Waals surface area contributed by atoms with Gasteiger partial charge in [0.2, 0.25) is 0 Å². The molecule has 0 aliphatic carbocycles. The Morgan fingerprint density at radius 3 is 2.88 bits per heavy atom. The van der Waals surface area contributed by atoms with Gasteiger partial charge >= 0.3 is 0 Å². The molecular formula is C15H19NO. The average Bonchev–Trinajstić information content (AvgIpc) is 2.34. The van der Waals surface area contributed by atoms with Crippen LogP contribution in [0.15, 0.2) is 36.0 Å². The quantitative estimate of drug-likeness (QED) is 0.842. The van der Waals surface area contributed by atoms with Crippen LogP contribution in [0.25, 0.3) is 0 Å². The maximum absolute atomic E-state index is 5.83. The summed E-state index contributed by atoms with van der Waals surface area (Å²) in [5.74, 6) is 1.70. The highest BCUT2D eigenvalue weighted by molar-refractivity contribution is 5.36. The molecule has 2 heterocycles. The molecule has 2 aliphatic rings. The Balaban J connectivity index is 1.69. The van der Waals surface area contributed by atoms with Gasteiger partial charge in [-0.3, -0.25) is 0 Å². The fourth-order valence-corrected chi connectivity index (χ4v) is 2.61. The van der Waals surface area contributed by atoms with Gasteiger partial charge in [-0.1, -0.05) is 18.2 Å². The molecule has 0 spiro atoms. The van der Waals surface area contributed by atoms with E-state index in [2.05, 4.69) is 43.6 Å². The first-order valence-corrected chi connectivity index (χ1v) is 6.33. The summed E-state index contributed by atoms with van der Waals surface area (Å²) in [6.45, 7) is 5.32. The van der Waals surface area contributed by atoms with Crippen LogP contribution in [0.5, 0.6) is 5.75 Å². The minimum Gasteiger partial charge on any atom is -0.493 e. The van der Waals surface area contributed by atoms with E-state index in [1.54, 1.807) is 0 Å². The highest BCUT2D eigenvalue weighted by Gasteiger charge is 2.32. The lowest BCUT2D eigenvalue weighted by atomic mass is 9.80. The van der Waals surface area contributed by atoms with Crippen molar-refractivity contribution >= 4 is 0 Å². The Kier molecular flexibility index (Phi) is 2.39. The zero-order chi connectivity index (χ0) is 11.9. The molecule has 1 atom stereocenters. The Morgan fingerprint density at radius 1 is 1.35 bits per heavy atom. The van der Waals surface area contributed by atoms with E-state index < -0.39 is 0 Å². The lowest BCUT2D eigenvalue weighted by molar-refractivity contribution is 0.214. The van der Waals surface area contributed by atoms with Crippen LogP contribution in [-0.2, 0) is 6.42 Å². The van der Waals surface area contributed by atoms with Crippen molar-refractivity contribution in [2.75, 3.05) is 6.61 Å². The van der Waals surface area contributed by atoms with Crippen LogP contribution in [0, 0.1) is 5.92 Å². The first-order valence-electron chi connectivity index (χ1n) is 6.33. The maximum Gasteiger partial charge on any atom is 0.122 e. The molecule has 0 fully saturated rings. The van der Waals surface area contributed by atoms with Gasteiger partial charge in [-0.2, -0.15) is 0 Å². The molecule has 2 nitrogen and oxygen atoms in total. The van der Waals surface area contributed by atoms with Crippen LogP contribution in [0.3, 0.4) is 0 Å². The zero-order valence-electron chi connectivity index (χ0n) is 10.5. The number of benzene rings is 1. The third-order valence-electron chi connectivity index (χ3n) is 3.87. The summed E-state index contributed by atoms with van der Waals surface area (Å²) in [5, 5.41) is 3.34. The molecule has 90 valence electrons. The normalized spacial score (nSPS) is 24.8. The van der Waals surface area contributed by atoms with Crippen molar-refractivity contribution in [3.05, 3.63) is 41.6 Å². The number of para-hydroxylation sites is 1. The molecule has 17 heavy (non-hydrogen) atoms. The summed E-state index contributed by atoms with van der Waals surface area (Å²) >= 11 is 0. The van der Waals surface area contributed by atoms with E-state index in [1.807, 2.05) is 6.07 Å². The van der Waals surface area contributed by atoms with Gasteiger partial charge in [0.1, 0.15) is 5.75 Å². The van der Waals surface area contributed by atoms with Crippen LogP contribution >= 0.6 is 0 Å². The fraction of sp³-hybridized carbons (Fsp3) is 0.467. The van der Waals surface area contributed by atoms with Gasteiger partial charge in [0, 0.05) is 5.92 Å². The van der Waals surface area contributed by atoms with Gasteiger partial charge < -0.3 is 10.1 Å². The van der Waals surface area contributed by atoms with E-state index in [0.29, 0.717) is 5.92 Å². The molecule has 0 aromatic heterocycles. The van der Waals surface area contributed by atoms with Gasteiger partial charge in [-0.05, 0) is 50.1 Å². The molecule has 1 N–H and O–H groups in total. The Bertz CT molecular complexity index is 462. The molecule has 1 aromatic rings. The van der Waals surface area contributed by atoms with Crippen LogP contribution in [0.1, 0.15) is 25.8 Å². The predicted octanol–water partition coefficient (Wildman–Crippen LogP) is 2.89. The van der Waals surface area contributed by atoms with Crippen molar-refractivity contribution in [2.24, 2.45) is 5.92 Å². The van der Waals surface area contributed by atoms with Gasteiger partial charge in [0.05, 0.1) is 12.1 Å². The molecule has 0 saturated carbocycles. The fourth-order valence-electron chi connectivity index (χ4n) is 2.61. The maximum atomic E-state index is 5.83. The first kappa shape index (κ1) is 10.7. The van der Waals surface area contributed by atoms with Crippen molar-refractivity contribution < 1.29 is 4.74 Å². The SMILES string of the molecule is CC1(C)NC=C1CC1COc2ccccc2C1. The van der Waals surface area contributed by atoms with Crippen LogP contribution in [0.4, 0.5) is 0 Å². The molecule has 1 aromatic carbocycles. The van der Waals surface area contributed by atoms with E-state index in [0.717, 1.165) is 25.2 Å². The summed E-state index contributed by atoms with van der Waals surface area (Å²) < 4.78 is 5.83. The summed E-state index contributed by atoms with van der Waals surface area (Å²) in [5.41, 5.74) is 3.07. The van der Waals surface area contributed by atoms with Crippen molar-refractivity contribution in [2.45, 2.75) is 32.2 Å². The smallest absolute Gasteiger partial charge is 0.122 e. The van der Waals surface area contributed by atoms with E-state index >= 15 is 0 Å². The highest BCUT2D eigenvalue weighted by Crippen LogP contribution is 2.34. The van der Waals surface area contributed by atoms with E-state index in [4.69, 9.17) is 4.74 Å². The summed E-state index contributed by atoms with van der Waals surface area (Å²) in [6.07, 6.45) is 4.44. The topological polar surface area (TPSA) is 21.3 Å². The number of fused-ring (bicyclic) bond motifs is 1. The molecule has 0 amide bonds. The van der Waals surface area contributed by atoms with Gasteiger partial charge in [-0.25, -0.2) is 0 Å². The predicted molar refractivity (Wildman–Crippen MR) is 69.0 cm³/mol. The molecule has 2 aliphatic heterocycles. The lowest BCUT2D eigenvalue weighted by Gasteiger charge is -2.39. The molecular weight excluding hydrogens is 210 g/mol. The third-order valence-corrected chi connectivity index (χ3v) is 3.87. The third kappa shape index (κ3) is 1.92. The molecule has 2 heteroatoms. The average molecular weight is 229 g/mol. The molecule has 0 bridgehead atoms.